The second kappa shape index (κ2) is 7.85. The lowest BCUT2D eigenvalue weighted by Crippen LogP contribution is -2.36. The quantitative estimate of drug-likeness (QED) is 0.600. The molecule has 5 rings (SSSR count). The van der Waals surface area contributed by atoms with Gasteiger partial charge in [-0.05, 0) is 86.8 Å². The smallest absolute Gasteiger partial charge is 0.293 e. The third-order valence-corrected chi connectivity index (χ3v) is 6.57. The van der Waals surface area contributed by atoms with Crippen molar-refractivity contribution in [2.45, 2.75) is 82.8 Å². The normalized spacial score (nSPS) is 24.9. The van der Waals surface area contributed by atoms with E-state index >= 15 is 0 Å². The van der Waals surface area contributed by atoms with Gasteiger partial charge < -0.3 is 10.1 Å². The minimum absolute atomic E-state index is 0.113. The van der Waals surface area contributed by atoms with Crippen molar-refractivity contribution in [3.05, 3.63) is 64.8 Å². The first-order valence-electron chi connectivity index (χ1n) is 11.0. The van der Waals surface area contributed by atoms with Crippen LogP contribution in [0.15, 0.2) is 59.2 Å². The highest BCUT2D eigenvalue weighted by atomic mass is 16.5. The van der Waals surface area contributed by atoms with Gasteiger partial charge in [-0.15, -0.1) is 0 Å². The molecule has 1 aromatic rings. The zero-order valence-corrected chi connectivity index (χ0v) is 18.0. The molecule has 0 heterocycles. The summed E-state index contributed by atoms with van der Waals surface area (Å²) in [5.74, 6) is 0.800. The van der Waals surface area contributed by atoms with E-state index in [1.165, 1.54) is 61.8 Å². The number of nitrogens with one attached hydrogen (secondary N) is 1. The van der Waals surface area contributed by atoms with Crippen LogP contribution in [0.25, 0.3) is 0 Å². The first-order valence-corrected chi connectivity index (χ1v) is 11.0. The van der Waals surface area contributed by atoms with Crippen LogP contribution in [0.1, 0.15) is 77.2 Å². The number of anilines is 1. The Labute approximate surface area is 174 Å². The van der Waals surface area contributed by atoms with E-state index in [0.717, 1.165) is 5.92 Å². The van der Waals surface area contributed by atoms with E-state index in [1.807, 2.05) is 20.8 Å². The number of carbonyl (C=O) groups excluding carboxylic acids is 1. The van der Waals surface area contributed by atoms with Crippen LogP contribution in [0.5, 0.6) is 0 Å². The maximum Gasteiger partial charge on any atom is 0.293 e. The average Bonchev–Trinajstić information content (AvgIpc) is 3.32. The number of carbonyl (C=O) groups is 1. The lowest BCUT2D eigenvalue weighted by molar-refractivity contribution is -0.138. The molecule has 0 amide bonds. The van der Waals surface area contributed by atoms with E-state index in [-0.39, 0.29) is 11.1 Å². The fourth-order valence-corrected chi connectivity index (χ4v) is 5.11. The monoisotopic (exact) mass is 391 g/mol. The van der Waals surface area contributed by atoms with Gasteiger partial charge in [-0.2, -0.15) is 0 Å². The van der Waals surface area contributed by atoms with Crippen molar-refractivity contribution in [2.75, 3.05) is 5.32 Å². The molecule has 4 aliphatic carbocycles. The Kier molecular flexibility index (Phi) is 5.42. The molecule has 1 aromatic carbocycles. The summed E-state index contributed by atoms with van der Waals surface area (Å²) in [6, 6.07) is 9.32. The second-order valence-electron chi connectivity index (χ2n) is 9.69. The van der Waals surface area contributed by atoms with Crippen molar-refractivity contribution in [1.29, 1.82) is 0 Å². The van der Waals surface area contributed by atoms with Crippen molar-refractivity contribution in [1.82, 2.24) is 0 Å². The van der Waals surface area contributed by atoms with Gasteiger partial charge in [0, 0.05) is 5.69 Å². The van der Waals surface area contributed by atoms with Gasteiger partial charge in [0.2, 0.25) is 0 Å². The molecule has 1 atom stereocenters. The Morgan fingerprint density at radius 2 is 1.79 bits per heavy atom. The Balaban J connectivity index is 0.000000255. The van der Waals surface area contributed by atoms with Crippen LogP contribution in [0.3, 0.4) is 0 Å². The number of allylic oxidation sites excluding steroid dienone is 2. The number of rotatable bonds is 4. The maximum atomic E-state index is 9.60. The molecule has 29 heavy (non-hydrogen) atoms. The highest BCUT2D eigenvalue weighted by Gasteiger charge is 2.48. The van der Waals surface area contributed by atoms with Gasteiger partial charge in [-0.1, -0.05) is 49.6 Å². The van der Waals surface area contributed by atoms with E-state index < -0.39 is 0 Å². The minimum atomic E-state index is -0.318. The number of hydrogen-bond acceptors (Lipinski definition) is 3. The molecule has 3 heteroatoms. The van der Waals surface area contributed by atoms with Crippen molar-refractivity contribution < 1.29 is 9.53 Å². The Bertz CT molecular complexity index is 848. The van der Waals surface area contributed by atoms with E-state index in [0.29, 0.717) is 6.47 Å². The zero-order valence-electron chi connectivity index (χ0n) is 18.0. The van der Waals surface area contributed by atoms with Crippen molar-refractivity contribution in [3.8, 4) is 0 Å². The lowest BCUT2D eigenvalue weighted by atomic mass is 9.84. The van der Waals surface area contributed by atoms with E-state index in [4.69, 9.17) is 0 Å². The highest BCUT2D eigenvalue weighted by Crippen LogP contribution is 2.54. The van der Waals surface area contributed by atoms with Crippen LogP contribution in [0.2, 0.25) is 0 Å². The van der Waals surface area contributed by atoms with Crippen LogP contribution in [-0.2, 0) is 9.53 Å². The van der Waals surface area contributed by atoms with Crippen molar-refractivity contribution in [3.63, 3.8) is 0 Å². The third-order valence-electron chi connectivity index (χ3n) is 6.57. The van der Waals surface area contributed by atoms with Crippen LogP contribution in [0.4, 0.5) is 5.69 Å². The first-order chi connectivity index (χ1) is 13.9. The number of hydrogen-bond donors (Lipinski definition) is 1. The van der Waals surface area contributed by atoms with Crippen LogP contribution >= 0.6 is 0 Å². The fraction of sp³-hybridized carbons (Fsp3) is 0.500. The number of ether oxygens (including phenoxy) is 1. The molecule has 0 radical (unpaired) electrons. The Morgan fingerprint density at radius 3 is 2.34 bits per heavy atom. The fourth-order valence-electron chi connectivity index (χ4n) is 5.11. The molecule has 3 nitrogen and oxygen atoms in total. The number of benzene rings is 1. The summed E-state index contributed by atoms with van der Waals surface area (Å²) in [7, 11) is 0. The lowest BCUT2D eigenvalue weighted by Gasteiger charge is -2.31. The SMILES string of the molecule is C1=CC2=C3C=C1C2(Nc1ccc(C2CCCCC2)cc1)CC3.CC(C)(C)OC=O. The van der Waals surface area contributed by atoms with Crippen molar-refractivity contribution in [2.24, 2.45) is 0 Å². The molecule has 1 fully saturated rings. The minimum Gasteiger partial charge on any atom is -0.462 e. The first kappa shape index (κ1) is 20.0. The average molecular weight is 392 g/mol. The third kappa shape index (κ3) is 4.05. The molecular weight excluding hydrogens is 358 g/mol. The molecule has 4 bridgehead atoms. The summed E-state index contributed by atoms with van der Waals surface area (Å²) >= 11 is 0. The predicted molar refractivity (Wildman–Crippen MR) is 119 cm³/mol. The summed E-state index contributed by atoms with van der Waals surface area (Å²) in [4.78, 5) is 9.60. The summed E-state index contributed by atoms with van der Waals surface area (Å²) in [5, 5.41) is 3.85. The molecule has 0 aromatic heterocycles. The van der Waals surface area contributed by atoms with Gasteiger partial charge in [0.25, 0.3) is 6.47 Å². The van der Waals surface area contributed by atoms with Crippen molar-refractivity contribution >= 4 is 12.2 Å². The molecule has 154 valence electrons. The van der Waals surface area contributed by atoms with E-state index in [2.05, 4.69) is 52.5 Å². The zero-order chi connectivity index (χ0) is 20.5. The summed E-state index contributed by atoms with van der Waals surface area (Å²) in [5.41, 5.74) is 7.17. The van der Waals surface area contributed by atoms with E-state index in [9.17, 15) is 4.79 Å². The molecule has 0 spiro atoms. The Morgan fingerprint density at radius 1 is 1.07 bits per heavy atom. The van der Waals surface area contributed by atoms with Crippen LogP contribution in [0, 0.1) is 0 Å². The van der Waals surface area contributed by atoms with Crippen LogP contribution in [-0.4, -0.2) is 17.6 Å². The molecule has 1 N–H and O–H groups in total. The van der Waals surface area contributed by atoms with Gasteiger partial charge in [-0.25, -0.2) is 0 Å². The topological polar surface area (TPSA) is 38.3 Å². The van der Waals surface area contributed by atoms with Gasteiger partial charge in [0.15, 0.2) is 0 Å². The maximum absolute atomic E-state index is 9.60. The van der Waals surface area contributed by atoms with Gasteiger partial charge in [0.05, 0.1) is 5.54 Å². The molecule has 0 saturated heterocycles. The summed E-state index contributed by atoms with van der Waals surface area (Å²) in [6.07, 6.45) is 16.5. The molecular formula is C26H33NO2. The molecule has 4 aliphatic rings. The van der Waals surface area contributed by atoms with Gasteiger partial charge in [0.1, 0.15) is 5.60 Å². The van der Waals surface area contributed by atoms with E-state index in [1.54, 1.807) is 11.1 Å². The largest absolute Gasteiger partial charge is 0.462 e. The second-order valence-corrected chi connectivity index (χ2v) is 9.69. The summed E-state index contributed by atoms with van der Waals surface area (Å²) in [6.45, 7) is 5.92. The van der Waals surface area contributed by atoms with Gasteiger partial charge >= 0.3 is 0 Å². The molecule has 1 unspecified atom stereocenters. The standard InChI is InChI=1S/C21H23N.C5H10O2/c1-2-4-15(5-3-1)16-6-9-19(10-7-16)22-21-13-12-17-14-18(21)8-11-20(17)21;1-5(2,3)7-4-6/h6-11,14-15,22H,1-5,12-13H2;4H,1-3H3. The van der Waals surface area contributed by atoms with Crippen LogP contribution < -0.4 is 5.32 Å². The molecule has 1 saturated carbocycles. The highest BCUT2D eigenvalue weighted by molar-refractivity contribution is 5.73. The summed E-state index contributed by atoms with van der Waals surface area (Å²) < 4.78 is 4.55. The predicted octanol–water partition coefficient (Wildman–Crippen LogP) is 6.44. The molecule has 0 aliphatic heterocycles. The Hall–Kier alpha value is -2.29. The van der Waals surface area contributed by atoms with Gasteiger partial charge in [-0.3, -0.25) is 4.79 Å².